The maximum atomic E-state index is 12.6. The van der Waals surface area contributed by atoms with Crippen LogP contribution in [0.3, 0.4) is 0 Å². The van der Waals surface area contributed by atoms with Crippen LogP contribution in [0.15, 0.2) is 54.6 Å². The highest BCUT2D eigenvalue weighted by molar-refractivity contribution is 6.31. The van der Waals surface area contributed by atoms with Gasteiger partial charge in [0.15, 0.2) is 0 Å². The fraction of sp³-hybridized carbons (Fsp3) is 0.188. The van der Waals surface area contributed by atoms with Gasteiger partial charge in [0, 0.05) is 22.8 Å². The number of benzene rings is 2. The Morgan fingerprint density at radius 3 is 2.47 bits per heavy atom. The Morgan fingerprint density at radius 2 is 1.84 bits per heavy atom. The third kappa shape index (κ3) is 3.36. The van der Waals surface area contributed by atoms with Crippen LogP contribution in [0.5, 0.6) is 0 Å². The molecule has 0 radical (unpaired) electrons. The van der Waals surface area contributed by atoms with E-state index in [1.807, 2.05) is 30.3 Å². The predicted molar refractivity (Wildman–Crippen MR) is 79.9 cm³/mol. The highest BCUT2D eigenvalue weighted by Crippen LogP contribution is 2.19. The second kappa shape index (κ2) is 6.39. The van der Waals surface area contributed by atoms with Crippen LogP contribution in [0.4, 0.5) is 5.69 Å². The average Bonchev–Trinajstić information content (AvgIpc) is 2.45. The molecule has 1 amide bonds. The first kappa shape index (κ1) is 13.6. The standard InChI is InChI=1S/C16H16ClNO/c1-2-11-18(15-9-4-3-5-10-15)16(19)13-7-6-8-14(17)12-13/h3-10,12H,2,11H2,1H3. The molecule has 2 aromatic rings. The molecule has 0 aliphatic heterocycles. The third-order valence-corrected chi connectivity index (χ3v) is 3.07. The third-order valence-electron chi connectivity index (χ3n) is 2.83. The van der Waals surface area contributed by atoms with Gasteiger partial charge in [0.2, 0.25) is 0 Å². The zero-order chi connectivity index (χ0) is 13.7. The number of halogens is 1. The van der Waals surface area contributed by atoms with E-state index < -0.39 is 0 Å². The van der Waals surface area contributed by atoms with Crippen LogP contribution >= 0.6 is 11.6 Å². The average molecular weight is 274 g/mol. The number of hydrogen-bond donors (Lipinski definition) is 0. The lowest BCUT2D eigenvalue weighted by molar-refractivity contribution is 0.0987. The molecule has 3 heteroatoms. The fourth-order valence-corrected chi connectivity index (χ4v) is 2.15. The van der Waals surface area contributed by atoms with Crippen LogP contribution in [0.2, 0.25) is 5.02 Å². The van der Waals surface area contributed by atoms with Crippen LogP contribution in [0.25, 0.3) is 0 Å². The summed E-state index contributed by atoms with van der Waals surface area (Å²) in [6.07, 6.45) is 0.904. The summed E-state index contributed by atoms with van der Waals surface area (Å²) in [5, 5.41) is 0.579. The number of carbonyl (C=O) groups is 1. The van der Waals surface area contributed by atoms with Crippen molar-refractivity contribution in [1.82, 2.24) is 0 Å². The minimum absolute atomic E-state index is 0.0180. The van der Waals surface area contributed by atoms with Crippen molar-refractivity contribution >= 4 is 23.2 Å². The van der Waals surface area contributed by atoms with Crippen molar-refractivity contribution in [3.8, 4) is 0 Å². The van der Waals surface area contributed by atoms with E-state index in [-0.39, 0.29) is 5.91 Å². The maximum Gasteiger partial charge on any atom is 0.258 e. The van der Waals surface area contributed by atoms with Crippen molar-refractivity contribution in [2.75, 3.05) is 11.4 Å². The van der Waals surface area contributed by atoms with E-state index in [1.54, 1.807) is 29.2 Å². The molecule has 0 unspecified atom stereocenters. The van der Waals surface area contributed by atoms with E-state index in [2.05, 4.69) is 6.92 Å². The second-order valence-corrected chi connectivity index (χ2v) is 4.74. The lowest BCUT2D eigenvalue weighted by atomic mass is 10.1. The predicted octanol–water partition coefficient (Wildman–Crippen LogP) is 4.40. The molecule has 0 N–H and O–H groups in total. The minimum Gasteiger partial charge on any atom is -0.308 e. The van der Waals surface area contributed by atoms with Gasteiger partial charge < -0.3 is 4.90 Å². The maximum absolute atomic E-state index is 12.6. The fourth-order valence-electron chi connectivity index (χ4n) is 1.96. The highest BCUT2D eigenvalue weighted by atomic mass is 35.5. The molecule has 0 fully saturated rings. The zero-order valence-corrected chi connectivity index (χ0v) is 11.6. The van der Waals surface area contributed by atoms with Crippen LogP contribution in [-0.2, 0) is 0 Å². The minimum atomic E-state index is -0.0180. The lowest BCUT2D eigenvalue weighted by Gasteiger charge is -2.22. The molecule has 2 nitrogen and oxygen atoms in total. The number of para-hydroxylation sites is 1. The quantitative estimate of drug-likeness (QED) is 0.809. The molecular weight excluding hydrogens is 258 g/mol. The van der Waals surface area contributed by atoms with Crippen molar-refractivity contribution in [2.45, 2.75) is 13.3 Å². The van der Waals surface area contributed by atoms with Gasteiger partial charge in [0.05, 0.1) is 0 Å². The Kier molecular flexibility index (Phi) is 4.58. The molecule has 0 spiro atoms. The van der Waals surface area contributed by atoms with E-state index in [4.69, 9.17) is 11.6 Å². The van der Waals surface area contributed by atoms with E-state index in [0.29, 0.717) is 17.1 Å². The molecule has 0 heterocycles. The van der Waals surface area contributed by atoms with Gasteiger partial charge in [-0.25, -0.2) is 0 Å². The number of nitrogens with zero attached hydrogens (tertiary/aromatic N) is 1. The van der Waals surface area contributed by atoms with Gasteiger partial charge in [-0.15, -0.1) is 0 Å². The van der Waals surface area contributed by atoms with Gasteiger partial charge in [-0.3, -0.25) is 4.79 Å². The zero-order valence-electron chi connectivity index (χ0n) is 10.8. The van der Waals surface area contributed by atoms with Crippen LogP contribution in [-0.4, -0.2) is 12.5 Å². The van der Waals surface area contributed by atoms with Crippen molar-refractivity contribution < 1.29 is 4.79 Å². The van der Waals surface area contributed by atoms with Crippen LogP contribution in [0.1, 0.15) is 23.7 Å². The van der Waals surface area contributed by atoms with Crippen molar-refractivity contribution in [3.05, 3.63) is 65.2 Å². The summed E-state index contributed by atoms with van der Waals surface area (Å²) >= 11 is 5.95. The summed E-state index contributed by atoms with van der Waals surface area (Å²) in [5.41, 5.74) is 1.53. The Morgan fingerprint density at radius 1 is 1.11 bits per heavy atom. The molecule has 19 heavy (non-hydrogen) atoms. The molecule has 0 aliphatic rings. The summed E-state index contributed by atoms with van der Waals surface area (Å²) < 4.78 is 0. The van der Waals surface area contributed by atoms with Crippen molar-refractivity contribution in [2.24, 2.45) is 0 Å². The summed E-state index contributed by atoms with van der Waals surface area (Å²) in [6.45, 7) is 2.75. The summed E-state index contributed by atoms with van der Waals surface area (Å²) in [7, 11) is 0. The smallest absolute Gasteiger partial charge is 0.258 e. The number of rotatable bonds is 4. The topological polar surface area (TPSA) is 20.3 Å². The van der Waals surface area contributed by atoms with E-state index >= 15 is 0 Å². The molecule has 2 aromatic carbocycles. The van der Waals surface area contributed by atoms with Gasteiger partial charge in [-0.2, -0.15) is 0 Å². The Labute approximate surface area is 118 Å². The number of carbonyl (C=O) groups excluding carboxylic acids is 1. The van der Waals surface area contributed by atoms with Gasteiger partial charge in [-0.05, 0) is 36.8 Å². The Balaban J connectivity index is 2.32. The highest BCUT2D eigenvalue weighted by Gasteiger charge is 2.16. The number of amides is 1. The molecule has 0 saturated heterocycles. The first-order valence-electron chi connectivity index (χ1n) is 6.35. The molecule has 98 valence electrons. The molecule has 0 aromatic heterocycles. The first-order valence-corrected chi connectivity index (χ1v) is 6.72. The SMILES string of the molecule is CCCN(C(=O)c1cccc(Cl)c1)c1ccccc1. The van der Waals surface area contributed by atoms with Gasteiger partial charge >= 0.3 is 0 Å². The van der Waals surface area contributed by atoms with Gasteiger partial charge in [0.1, 0.15) is 0 Å². The Bertz CT molecular complexity index is 554. The Hall–Kier alpha value is -1.80. The lowest BCUT2D eigenvalue weighted by Crippen LogP contribution is -2.31. The summed E-state index contributed by atoms with van der Waals surface area (Å²) in [5.74, 6) is -0.0180. The molecule has 0 aliphatic carbocycles. The van der Waals surface area contributed by atoms with Crippen molar-refractivity contribution in [1.29, 1.82) is 0 Å². The summed E-state index contributed by atoms with van der Waals surface area (Å²) in [6, 6.07) is 16.8. The first-order chi connectivity index (χ1) is 9.22. The number of hydrogen-bond acceptors (Lipinski definition) is 1. The van der Waals surface area contributed by atoms with E-state index in [0.717, 1.165) is 12.1 Å². The van der Waals surface area contributed by atoms with Crippen molar-refractivity contribution in [3.63, 3.8) is 0 Å². The monoisotopic (exact) mass is 273 g/mol. The molecule has 0 saturated carbocycles. The van der Waals surface area contributed by atoms with Gasteiger partial charge in [-0.1, -0.05) is 42.8 Å². The van der Waals surface area contributed by atoms with E-state index in [1.165, 1.54) is 0 Å². The molecule has 0 atom stereocenters. The van der Waals surface area contributed by atoms with E-state index in [9.17, 15) is 4.79 Å². The number of anilines is 1. The normalized spacial score (nSPS) is 10.2. The molecular formula is C16H16ClNO. The van der Waals surface area contributed by atoms with Crippen LogP contribution < -0.4 is 4.90 Å². The second-order valence-electron chi connectivity index (χ2n) is 4.30. The molecule has 0 bridgehead atoms. The van der Waals surface area contributed by atoms with Gasteiger partial charge in [0.25, 0.3) is 5.91 Å². The molecule has 2 rings (SSSR count). The summed E-state index contributed by atoms with van der Waals surface area (Å²) in [4.78, 5) is 14.3. The largest absolute Gasteiger partial charge is 0.308 e. The van der Waals surface area contributed by atoms with Crippen LogP contribution in [0, 0.1) is 0 Å².